The first-order valence-electron chi connectivity index (χ1n) is 9.78. The Morgan fingerprint density at radius 1 is 0.862 bits per heavy atom. The SMILES string of the molecule is O=C(O)c1ccc(N2CCN(Cc3ccccc3-c3cccc(O)c3)CC2)cc1. The largest absolute Gasteiger partial charge is 0.508 e. The highest BCUT2D eigenvalue weighted by molar-refractivity contribution is 5.88. The van der Waals surface area contributed by atoms with Gasteiger partial charge < -0.3 is 15.1 Å². The van der Waals surface area contributed by atoms with Gasteiger partial charge in [0.2, 0.25) is 0 Å². The van der Waals surface area contributed by atoms with Gasteiger partial charge in [-0.3, -0.25) is 4.90 Å². The quantitative estimate of drug-likeness (QED) is 0.690. The summed E-state index contributed by atoms with van der Waals surface area (Å²) in [6.45, 7) is 4.54. The van der Waals surface area contributed by atoms with Gasteiger partial charge in [-0.2, -0.15) is 0 Å². The summed E-state index contributed by atoms with van der Waals surface area (Å²) < 4.78 is 0. The lowest BCUT2D eigenvalue weighted by atomic mass is 9.99. The molecule has 1 aliphatic heterocycles. The monoisotopic (exact) mass is 388 g/mol. The zero-order valence-electron chi connectivity index (χ0n) is 16.2. The Morgan fingerprint density at radius 2 is 1.59 bits per heavy atom. The van der Waals surface area contributed by atoms with Gasteiger partial charge in [0.1, 0.15) is 5.75 Å². The van der Waals surface area contributed by atoms with E-state index < -0.39 is 5.97 Å². The molecular formula is C24H24N2O3. The van der Waals surface area contributed by atoms with Crippen LogP contribution in [0.2, 0.25) is 0 Å². The van der Waals surface area contributed by atoms with Crippen LogP contribution in [0.3, 0.4) is 0 Å². The van der Waals surface area contributed by atoms with Gasteiger partial charge in [-0.25, -0.2) is 4.79 Å². The lowest BCUT2D eigenvalue weighted by molar-refractivity contribution is 0.0697. The summed E-state index contributed by atoms with van der Waals surface area (Å²) in [7, 11) is 0. The molecule has 3 aromatic carbocycles. The van der Waals surface area contributed by atoms with Gasteiger partial charge in [0.05, 0.1) is 5.56 Å². The lowest BCUT2D eigenvalue weighted by Gasteiger charge is -2.36. The molecule has 2 N–H and O–H groups in total. The standard InChI is InChI=1S/C24H24N2O3/c27-22-6-3-5-19(16-22)23-7-2-1-4-20(23)17-25-12-14-26(15-13-25)21-10-8-18(9-11-21)24(28)29/h1-11,16,27H,12-15,17H2,(H,28,29). The third kappa shape index (κ3) is 4.41. The maximum Gasteiger partial charge on any atom is 0.335 e. The van der Waals surface area contributed by atoms with Gasteiger partial charge in [0.25, 0.3) is 0 Å². The van der Waals surface area contributed by atoms with Crippen molar-refractivity contribution in [1.82, 2.24) is 4.90 Å². The molecule has 0 saturated carbocycles. The van der Waals surface area contributed by atoms with Crippen molar-refractivity contribution in [2.24, 2.45) is 0 Å². The van der Waals surface area contributed by atoms with Crippen molar-refractivity contribution in [3.8, 4) is 16.9 Å². The zero-order valence-corrected chi connectivity index (χ0v) is 16.2. The molecule has 0 spiro atoms. The maximum absolute atomic E-state index is 11.0. The van der Waals surface area contributed by atoms with Crippen LogP contribution in [-0.2, 0) is 6.54 Å². The Balaban J connectivity index is 1.42. The average Bonchev–Trinajstić information content (AvgIpc) is 2.75. The maximum atomic E-state index is 11.0. The molecule has 29 heavy (non-hydrogen) atoms. The molecule has 1 saturated heterocycles. The average molecular weight is 388 g/mol. The van der Waals surface area contributed by atoms with Crippen LogP contribution in [0.15, 0.2) is 72.8 Å². The summed E-state index contributed by atoms with van der Waals surface area (Å²) in [6.07, 6.45) is 0. The molecule has 4 rings (SSSR count). The van der Waals surface area contributed by atoms with Crippen LogP contribution < -0.4 is 4.90 Å². The molecule has 0 amide bonds. The Kier molecular flexibility index (Phi) is 5.49. The molecule has 0 atom stereocenters. The first-order chi connectivity index (χ1) is 14.1. The van der Waals surface area contributed by atoms with Crippen molar-refractivity contribution in [2.45, 2.75) is 6.54 Å². The lowest BCUT2D eigenvalue weighted by Crippen LogP contribution is -2.46. The van der Waals surface area contributed by atoms with Crippen LogP contribution in [0.1, 0.15) is 15.9 Å². The van der Waals surface area contributed by atoms with Crippen molar-refractivity contribution in [3.05, 3.63) is 83.9 Å². The number of aromatic carboxylic acids is 1. The summed E-state index contributed by atoms with van der Waals surface area (Å²) in [6, 6.07) is 22.8. The Hall–Kier alpha value is -3.31. The molecule has 148 valence electrons. The fraction of sp³-hybridized carbons (Fsp3) is 0.208. The van der Waals surface area contributed by atoms with E-state index in [0.29, 0.717) is 5.56 Å². The second kappa shape index (κ2) is 8.37. The Morgan fingerprint density at radius 3 is 2.28 bits per heavy atom. The molecule has 0 bridgehead atoms. The van der Waals surface area contributed by atoms with Gasteiger partial charge >= 0.3 is 5.97 Å². The van der Waals surface area contributed by atoms with E-state index in [2.05, 4.69) is 28.0 Å². The smallest absolute Gasteiger partial charge is 0.335 e. The van der Waals surface area contributed by atoms with E-state index in [-0.39, 0.29) is 5.75 Å². The van der Waals surface area contributed by atoms with Gasteiger partial charge in [-0.1, -0.05) is 36.4 Å². The molecule has 1 fully saturated rings. The first kappa shape index (κ1) is 19.0. The van der Waals surface area contributed by atoms with E-state index >= 15 is 0 Å². The third-order valence-corrected chi connectivity index (χ3v) is 5.42. The van der Waals surface area contributed by atoms with Crippen LogP contribution >= 0.6 is 0 Å². The van der Waals surface area contributed by atoms with Crippen molar-refractivity contribution in [1.29, 1.82) is 0 Å². The Bertz CT molecular complexity index is 993. The minimum atomic E-state index is -0.897. The van der Waals surface area contributed by atoms with E-state index in [1.54, 1.807) is 24.3 Å². The topological polar surface area (TPSA) is 64.0 Å². The fourth-order valence-corrected chi connectivity index (χ4v) is 3.83. The van der Waals surface area contributed by atoms with Crippen molar-refractivity contribution >= 4 is 11.7 Å². The highest BCUT2D eigenvalue weighted by Crippen LogP contribution is 2.28. The van der Waals surface area contributed by atoms with Crippen LogP contribution in [0.4, 0.5) is 5.69 Å². The number of carboxylic acid groups (broad SMARTS) is 1. The number of hydrogen-bond acceptors (Lipinski definition) is 4. The van der Waals surface area contributed by atoms with E-state index in [4.69, 9.17) is 5.11 Å². The number of benzene rings is 3. The van der Waals surface area contributed by atoms with E-state index in [9.17, 15) is 9.90 Å². The molecule has 0 unspecified atom stereocenters. The number of anilines is 1. The zero-order chi connectivity index (χ0) is 20.2. The second-order valence-electron chi connectivity index (χ2n) is 7.32. The Labute approximate surface area is 170 Å². The fourth-order valence-electron chi connectivity index (χ4n) is 3.83. The molecule has 0 aromatic heterocycles. The molecule has 3 aromatic rings. The molecule has 5 nitrogen and oxygen atoms in total. The minimum absolute atomic E-state index is 0.278. The van der Waals surface area contributed by atoms with E-state index in [0.717, 1.165) is 49.5 Å². The molecule has 1 heterocycles. The number of phenolic OH excluding ortho intramolecular Hbond substituents is 1. The highest BCUT2D eigenvalue weighted by Gasteiger charge is 2.19. The number of carboxylic acids is 1. The number of carbonyl (C=O) groups is 1. The van der Waals surface area contributed by atoms with Crippen LogP contribution in [0.25, 0.3) is 11.1 Å². The van der Waals surface area contributed by atoms with E-state index in [1.165, 1.54) is 5.56 Å². The predicted octanol–water partition coefficient (Wildman–Crippen LogP) is 4.08. The third-order valence-electron chi connectivity index (χ3n) is 5.42. The van der Waals surface area contributed by atoms with Gasteiger partial charge in [-0.05, 0) is 53.1 Å². The van der Waals surface area contributed by atoms with Crippen LogP contribution in [-0.4, -0.2) is 47.3 Å². The predicted molar refractivity (Wildman–Crippen MR) is 114 cm³/mol. The van der Waals surface area contributed by atoms with Crippen molar-refractivity contribution in [3.63, 3.8) is 0 Å². The van der Waals surface area contributed by atoms with Crippen LogP contribution in [0, 0.1) is 0 Å². The first-order valence-corrected chi connectivity index (χ1v) is 9.78. The molecular weight excluding hydrogens is 364 g/mol. The van der Waals surface area contributed by atoms with E-state index in [1.807, 2.05) is 30.3 Å². The molecule has 1 aliphatic rings. The summed E-state index contributed by atoms with van der Waals surface area (Å²) in [5.41, 5.74) is 4.80. The number of nitrogens with zero attached hydrogens (tertiary/aromatic N) is 2. The highest BCUT2D eigenvalue weighted by atomic mass is 16.4. The summed E-state index contributed by atoms with van der Waals surface area (Å²) in [5, 5.41) is 18.9. The summed E-state index contributed by atoms with van der Waals surface area (Å²) >= 11 is 0. The minimum Gasteiger partial charge on any atom is -0.508 e. The van der Waals surface area contributed by atoms with Crippen molar-refractivity contribution < 1.29 is 15.0 Å². The number of piperazine rings is 1. The summed E-state index contributed by atoms with van der Waals surface area (Å²) in [4.78, 5) is 15.7. The van der Waals surface area contributed by atoms with Gasteiger partial charge in [0, 0.05) is 38.4 Å². The normalized spacial score (nSPS) is 14.7. The molecule has 0 radical (unpaired) electrons. The summed E-state index contributed by atoms with van der Waals surface area (Å²) in [5.74, 6) is -0.619. The number of hydrogen-bond donors (Lipinski definition) is 2. The van der Waals surface area contributed by atoms with Crippen molar-refractivity contribution in [2.75, 3.05) is 31.1 Å². The van der Waals surface area contributed by atoms with Crippen LogP contribution in [0.5, 0.6) is 5.75 Å². The molecule has 5 heteroatoms. The van der Waals surface area contributed by atoms with Gasteiger partial charge in [-0.15, -0.1) is 0 Å². The molecule has 0 aliphatic carbocycles. The number of phenols is 1. The number of aromatic hydroxyl groups is 1. The second-order valence-corrected chi connectivity index (χ2v) is 7.32. The van der Waals surface area contributed by atoms with Gasteiger partial charge in [0.15, 0.2) is 0 Å². The number of rotatable bonds is 5.